The predicted octanol–water partition coefficient (Wildman–Crippen LogP) is 3.02. The van der Waals surface area contributed by atoms with Crippen molar-refractivity contribution in [2.45, 2.75) is 26.3 Å². The molecule has 3 aromatic rings. The van der Waals surface area contributed by atoms with E-state index < -0.39 is 0 Å². The Morgan fingerprint density at radius 3 is 2.71 bits per heavy atom. The summed E-state index contributed by atoms with van der Waals surface area (Å²) in [5.74, 6) is 0.871. The largest absolute Gasteiger partial charge is 0.493 e. The van der Waals surface area contributed by atoms with E-state index >= 15 is 0 Å². The number of amides is 1. The zero-order valence-electron chi connectivity index (χ0n) is 16.3. The van der Waals surface area contributed by atoms with Crippen LogP contribution in [0.1, 0.15) is 18.4 Å². The van der Waals surface area contributed by atoms with E-state index in [9.17, 15) is 9.59 Å². The van der Waals surface area contributed by atoms with Crippen molar-refractivity contribution >= 4 is 16.8 Å². The molecule has 1 amide bonds. The number of aromatic nitrogens is 2. The Bertz CT molecular complexity index is 1010. The molecule has 0 saturated carbocycles. The fourth-order valence-electron chi connectivity index (χ4n) is 3.00. The Morgan fingerprint density at radius 2 is 1.89 bits per heavy atom. The summed E-state index contributed by atoms with van der Waals surface area (Å²) >= 11 is 0. The molecule has 1 aromatic heterocycles. The molecular weight excluding hydrogens is 354 g/mol. The molecule has 0 bridgehead atoms. The van der Waals surface area contributed by atoms with Gasteiger partial charge in [-0.3, -0.25) is 14.2 Å². The van der Waals surface area contributed by atoms with Crippen molar-refractivity contribution in [1.82, 2.24) is 14.5 Å². The highest BCUT2D eigenvalue weighted by molar-refractivity contribution is 5.77. The molecule has 2 aromatic carbocycles. The van der Waals surface area contributed by atoms with Crippen LogP contribution >= 0.6 is 0 Å². The first-order chi connectivity index (χ1) is 13.6. The summed E-state index contributed by atoms with van der Waals surface area (Å²) < 4.78 is 7.26. The maximum Gasteiger partial charge on any atom is 0.261 e. The van der Waals surface area contributed by atoms with Gasteiger partial charge in [-0.1, -0.05) is 30.3 Å². The van der Waals surface area contributed by atoms with Gasteiger partial charge in [-0.25, -0.2) is 4.98 Å². The molecule has 0 unspecified atom stereocenters. The van der Waals surface area contributed by atoms with E-state index in [2.05, 4.69) is 4.98 Å². The number of nitrogens with zero attached hydrogens (tertiary/aromatic N) is 3. The van der Waals surface area contributed by atoms with Gasteiger partial charge in [-0.2, -0.15) is 0 Å². The normalized spacial score (nSPS) is 10.8. The Labute approximate surface area is 164 Å². The highest BCUT2D eigenvalue weighted by Crippen LogP contribution is 2.16. The van der Waals surface area contributed by atoms with Crippen LogP contribution in [0.4, 0.5) is 0 Å². The van der Waals surface area contributed by atoms with E-state index in [4.69, 9.17) is 4.74 Å². The molecule has 1 heterocycles. The summed E-state index contributed by atoms with van der Waals surface area (Å²) in [4.78, 5) is 30.8. The summed E-state index contributed by atoms with van der Waals surface area (Å²) in [6.07, 6.45) is 2.51. The zero-order chi connectivity index (χ0) is 19.9. The molecule has 0 saturated heterocycles. The molecule has 0 atom stereocenters. The monoisotopic (exact) mass is 379 g/mol. The Hall–Kier alpha value is -3.15. The second kappa shape index (κ2) is 9.17. The van der Waals surface area contributed by atoms with Crippen LogP contribution in [0.15, 0.2) is 59.7 Å². The lowest BCUT2D eigenvalue weighted by Crippen LogP contribution is -2.31. The highest BCUT2D eigenvalue weighted by Gasteiger charge is 2.10. The molecule has 28 heavy (non-hydrogen) atoms. The van der Waals surface area contributed by atoms with E-state index in [1.54, 1.807) is 24.1 Å². The molecule has 0 fully saturated rings. The number of carbonyl (C=O) groups excluding carboxylic acids is 1. The summed E-state index contributed by atoms with van der Waals surface area (Å²) in [7, 11) is 1.78. The number of ether oxygens (including phenoxy) is 1. The first kappa shape index (κ1) is 19.6. The Morgan fingerprint density at radius 1 is 1.14 bits per heavy atom. The fraction of sp³-hybridized carbons (Fsp3) is 0.318. The van der Waals surface area contributed by atoms with Gasteiger partial charge in [0.1, 0.15) is 5.75 Å². The van der Waals surface area contributed by atoms with Crippen molar-refractivity contribution in [3.05, 3.63) is 70.8 Å². The van der Waals surface area contributed by atoms with Gasteiger partial charge in [0.15, 0.2) is 0 Å². The lowest BCUT2D eigenvalue weighted by Gasteiger charge is -2.18. The van der Waals surface area contributed by atoms with Crippen LogP contribution in [0, 0.1) is 6.92 Å². The molecule has 0 aliphatic rings. The van der Waals surface area contributed by atoms with Crippen molar-refractivity contribution in [2.75, 3.05) is 20.2 Å². The number of aryl methyl sites for hydroxylation is 2. The van der Waals surface area contributed by atoms with Gasteiger partial charge in [0.2, 0.25) is 5.91 Å². The Balaban J connectivity index is 1.46. The molecule has 0 spiro atoms. The zero-order valence-corrected chi connectivity index (χ0v) is 16.3. The van der Waals surface area contributed by atoms with Gasteiger partial charge in [0, 0.05) is 26.6 Å². The van der Waals surface area contributed by atoms with Crippen LogP contribution in [0.3, 0.4) is 0 Å². The number of rotatable bonds is 8. The third kappa shape index (κ3) is 4.76. The molecule has 146 valence electrons. The van der Waals surface area contributed by atoms with Gasteiger partial charge < -0.3 is 9.64 Å². The first-order valence-corrected chi connectivity index (χ1v) is 9.43. The van der Waals surface area contributed by atoms with E-state index in [-0.39, 0.29) is 17.9 Å². The highest BCUT2D eigenvalue weighted by atomic mass is 16.5. The summed E-state index contributed by atoms with van der Waals surface area (Å²) in [5, 5.41) is 0.569. The van der Waals surface area contributed by atoms with Crippen molar-refractivity contribution in [3.63, 3.8) is 0 Å². The maximum atomic E-state index is 12.5. The van der Waals surface area contributed by atoms with Crippen LogP contribution in [0.25, 0.3) is 10.9 Å². The van der Waals surface area contributed by atoms with E-state index in [1.165, 1.54) is 10.9 Å². The minimum Gasteiger partial charge on any atom is -0.493 e. The lowest BCUT2D eigenvalue weighted by atomic mass is 10.2. The number of benzene rings is 2. The third-order valence-electron chi connectivity index (χ3n) is 4.71. The Kier molecular flexibility index (Phi) is 6.42. The SMILES string of the molecule is Cc1ccccc1OCCCN(C)C(=O)CCn1cnc2ccccc2c1=O. The van der Waals surface area contributed by atoms with Gasteiger partial charge in [-0.15, -0.1) is 0 Å². The first-order valence-electron chi connectivity index (χ1n) is 9.43. The minimum absolute atomic E-state index is 0.00375. The van der Waals surface area contributed by atoms with Crippen LogP contribution in [-0.2, 0) is 11.3 Å². The number of hydrogen-bond acceptors (Lipinski definition) is 4. The number of carbonyl (C=O) groups is 1. The fourth-order valence-corrected chi connectivity index (χ4v) is 3.00. The second-order valence-electron chi connectivity index (χ2n) is 6.79. The van der Waals surface area contributed by atoms with E-state index in [0.29, 0.717) is 30.6 Å². The number of fused-ring (bicyclic) bond motifs is 1. The summed E-state index contributed by atoms with van der Waals surface area (Å²) in [6.45, 7) is 3.49. The molecule has 0 N–H and O–H groups in total. The van der Waals surface area contributed by atoms with Crippen molar-refractivity contribution < 1.29 is 9.53 Å². The van der Waals surface area contributed by atoms with Crippen LogP contribution < -0.4 is 10.3 Å². The molecule has 0 aliphatic carbocycles. The maximum absolute atomic E-state index is 12.5. The smallest absolute Gasteiger partial charge is 0.261 e. The van der Waals surface area contributed by atoms with E-state index in [1.807, 2.05) is 43.3 Å². The number of hydrogen-bond donors (Lipinski definition) is 0. The molecule has 0 radical (unpaired) electrons. The number of para-hydroxylation sites is 2. The average molecular weight is 379 g/mol. The predicted molar refractivity (Wildman–Crippen MR) is 110 cm³/mol. The van der Waals surface area contributed by atoms with Crippen molar-refractivity contribution in [1.29, 1.82) is 0 Å². The minimum atomic E-state index is -0.118. The van der Waals surface area contributed by atoms with Crippen LogP contribution in [0.2, 0.25) is 0 Å². The van der Waals surface area contributed by atoms with Crippen LogP contribution in [-0.4, -0.2) is 40.6 Å². The lowest BCUT2D eigenvalue weighted by molar-refractivity contribution is -0.130. The van der Waals surface area contributed by atoms with E-state index in [0.717, 1.165) is 17.7 Å². The van der Waals surface area contributed by atoms with Gasteiger partial charge in [-0.05, 0) is 37.1 Å². The van der Waals surface area contributed by atoms with Gasteiger partial charge >= 0.3 is 0 Å². The average Bonchev–Trinajstić information content (AvgIpc) is 2.71. The molecule has 6 nitrogen and oxygen atoms in total. The third-order valence-corrected chi connectivity index (χ3v) is 4.71. The topological polar surface area (TPSA) is 64.4 Å². The van der Waals surface area contributed by atoms with Gasteiger partial charge in [0.25, 0.3) is 5.56 Å². The summed E-state index contributed by atoms with van der Waals surface area (Å²) in [6, 6.07) is 15.1. The van der Waals surface area contributed by atoms with Crippen molar-refractivity contribution in [2.24, 2.45) is 0 Å². The van der Waals surface area contributed by atoms with Crippen molar-refractivity contribution in [3.8, 4) is 5.75 Å². The van der Waals surface area contributed by atoms with Crippen LogP contribution in [0.5, 0.6) is 5.75 Å². The molecule has 0 aliphatic heterocycles. The quantitative estimate of drug-likeness (QED) is 0.565. The van der Waals surface area contributed by atoms with Gasteiger partial charge in [0.05, 0.1) is 23.8 Å². The molecule has 3 rings (SSSR count). The molecule has 6 heteroatoms. The second-order valence-corrected chi connectivity index (χ2v) is 6.79. The summed E-state index contributed by atoms with van der Waals surface area (Å²) in [5.41, 5.74) is 1.65. The standard InChI is InChI=1S/C22H25N3O3/c1-17-8-3-6-11-20(17)28-15-7-13-24(2)21(26)12-14-25-16-23-19-10-5-4-9-18(19)22(25)27/h3-6,8-11,16H,7,12-15H2,1-2H3. The molecular formula is C22H25N3O3.